The molecule has 0 radical (unpaired) electrons. The number of aromatic nitrogens is 2. The van der Waals surface area contributed by atoms with Crippen LogP contribution in [-0.4, -0.2) is 63.2 Å². The van der Waals surface area contributed by atoms with Gasteiger partial charge in [-0.2, -0.15) is 0 Å². The van der Waals surface area contributed by atoms with E-state index in [4.69, 9.17) is 5.11 Å². The summed E-state index contributed by atoms with van der Waals surface area (Å²) in [6.45, 7) is 5.58. The Kier molecular flexibility index (Phi) is 5.88. The van der Waals surface area contributed by atoms with Gasteiger partial charge in [-0.15, -0.1) is 0 Å². The number of rotatable bonds is 6. The standard InChI is InChI=1S/C19H27FN4O2/c1-3-24-17-7-6-14(20)11-16(17)21-18(24)12-23-9-4-5-15(8-10-23)22(2)13-19(25)26/h6-7,11,15H,3-5,8-10,12-13H2,1-2H3,(H,25,26). The Morgan fingerprint density at radius 2 is 2.19 bits per heavy atom. The van der Waals surface area contributed by atoms with Gasteiger partial charge in [0.25, 0.3) is 0 Å². The van der Waals surface area contributed by atoms with Gasteiger partial charge in [0.05, 0.1) is 24.1 Å². The number of carboxylic acid groups (broad SMARTS) is 1. The minimum atomic E-state index is -0.780. The maximum absolute atomic E-state index is 13.5. The lowest BCUT2D eigenvalue weighted by Gasteiger charge is -2.25. The molecule has 1 aliphatic heterocycles. The Morgan fingerprint density at radius 3 is 2.92 bits per heavy atom. The average Bonchev–Trinajstić information content (AvgIpc) is 2.75. The van der Waals surface area contributed by atoms with Crippen LogP contribution in [0.3, 0.4) is 0 Å². The fraction of sp³-hybridized carbons (Fsp3) is 0.579. The highest BCUT2D eigenvalue weighted by molar-refractivity contribution is 5.76. The number of nitrogens with zero attached hydrogens (tertiary/aromatic N) is 4. The van der Waals surface area contributed by atoms with Gasteiger partial charge in [0.15, 0.2) is 0 Å². The van der Waals surface area contributed by atoms with Crippen LogP contribution in [0.4, 0.5) is 4.39 Å². The Morgan fingerprint density at radius 1 is 1.38 bits per heavy atom. The highest BCUT2D eigenvalue weighted by Gasteiger charge is 2.23. The monoisotopic (exact) mass is 362 g/mol. The molecule has 1 N–H and O–H groups in total. The zero-order valence-corrected chi connectivity index (χ0v) is 15.5. The summed E-state index contributed by atoms with van der Waals surface area (Å²) in [6, 6.07) is 5.07. The van der Waals surface area contributed by atoms with Crippen molar-refractivity contribution in [1.82, 2.24) is 19.4 Å². The van der Waals surface area contributed by atoms with Crippen molar-refractivity contribution < 1.29 is 14.3 Å². The molecule has 2 heterocycles. The number of likely N-dealkylation sites (N-methyl/N-ethyl adjacent to an activating group) is 1. The molecule has 1 aromatic carbocycles. The molecule has 1 aromatic heterocycles. The van der Waals surface area contributed by atoms with E-state index in [9.17, 15) is 9.18 Å². The lowest BCUT2D eigenvalue weighted by molar-refractivity contribution is -0.138. The molecule has 1 unspecified atom stereocenters. The largest absolute Gasteiger partial charge is 0.480 e. The second kappa shape index (κ2) is 8.14. The third-order valence-corrected chi connectivity index (χ3v) is 5.27. The molecule has 6 nitrogen and oxygen atoms in total. The van der Waals surface area contributed by atoms with Crippen molar-refractivity contribution in [3.05, 3.63) is 29.8 Å². The molecule has 142 valence electrons. The number of likely N-dealkylation sites (tertiary alicyclic amines) is 1. The number of aryl methyl sites for hydroxylation is 1. The molecular formula is C19H27FN4O2. The van der Waals surface area contributed by atoms with Crippen LogP contribution in [-0.2, 0) is 17.9 Å². The lowest BCUT2D eigenvalue weighted by Crippen LogP contribution is -2.36. The van der Waals surface area contributed by atoms with E-state index in [1.54, 1.807) is 6.07 Å². The molecule has 1 aliphatic rings. The number of hydrogen-bond acceptors (Lipinski definition) is 4. The van der Waals surface area contributed by atoms with Gasteiger partial charge in [0, 0.05) is 25.2 Å². The van der Waals surface area contributed by atoms with E-state index in [1.165, 1.54) is 12.1 Å². The normalized spacial score (nSPS) is 19.2. The second-order valence-electron chi connectivity index (χ2n) is 7.08. The number of carbonyl (C=O) groups is 1. The van der Waals surface area contributed by atoms with Gasteiger partial charge in [-0.25, -0.2) is 9.37 Å². The number of imidazole rings is 1. The number of aliphatic carboxylic acids is 1. The first-order chi connectivity index (χ1) is 12.5. The first-order valence-electron chi connectivity index (χ1n) is 9.27. The molecule has 0 aliphatic carbocycles. The van der Waals surface area contributed by atoms with Crippen LogP contribution in [0, 0.1) is 5.82 Å². The van der Waals surface area contributed by atoms with Crippen molar-refractivity contribution in [3.8, 4) is 0 Å². The molecule has 3 rings (SSSR count). The molecule has 2 aromatic rings. The second-order valence-corrected chi connectivity index (χ2v) is 7.08. The van der Waals surface area contributed by atoms with Crippen molar-refractivity contribution in [2.45, 2.75) is 45.3 Å². The molecule has 1 atom stereocenters. The van der Waals surface area contributed by atoms with Crippen molar-refractivity contribution >= 4 is 17.0 Å². The fourth-order valence-electron chi connectivity index (χ4n) is 3.91. The number of benzene rings is 1. The van der Waals surface area contributed by atoms with E-state index < -0.39 is 5.97 Å². The molecule has 0 bridgehead atoms. The zero-order valence-electron chi connectivity index (χ0n) is 15.5. The summed E-state index contributed by atoms with van der Waals surface area (Å²) < 4.78 is 15.6. The molecule has 1 fully saturated rings. The SMILES string of the molecule is CCn1c(CN2CCCC(N(C)CC(=O)O)CC2)nc2cc(F)ccc21. The van der Waals surface area contributed by atoms with Crippen LogP contribution in [0.25, 0.3) is 11.0 Å². The van der Waals surface area contributed by atoms with Gasteiger partial charge in [-0.05, 0) is 51.9 Å². The Labute approximate surface area is 153 Å². The molecule has 0 amide bonds. The van der Waals surface area contributed by atoms with E-state index in [-0.39, 0.29) is 12.4 Å². The molecular weight excluding hydrogens is 335 g/mol. The summed E-state index contributed by atoms with van der Waals surface area (Å²) in [5.41, 5.74) is 1.67. The van der Waals surface area contributed by atoms with Gasteiger partial charge in [0.2, 0.25) is 0 Å². The number of halogens is 1. The molecule has 7 heteroatoms. The van der Waals surface area contributed by atoms with E-state index in [0.717, 1.165) is 56.8 Å². The van der Waals surface area contributed by atoms with Crippen molar-refractivity contribution in [3.63, 3.8) is 0 Å². The Bertz CT molecular complexity index is 776. The Balaban J connectivity index is 1.69. The highest BCUT2D eigenvalue weighted by Crippen LogP contribution is 2.21. The summed E-state index contributed by atoms with van der Waals surface area (Å²) in [5.74, 6) is -0.0770. The Hall–Kier alpha value is -1.99. The minimum absolute atomic E-state index is 0.0852. The third-order valence-electron chi connectivity index (χ3n) is 5.27. The summed E-state index contributed by atoms with van der Waals surface area (Å²) >= 11 is 0. The molecule has 26 heavy (non-hydrogen) atoms. The smallest absolute Gasteiger partial charge is 0.317 e. The van der Waals surface area contributed by atoms with Crippen LogP contribution in [0.2, 0.25) is 0 Å². The van der Waals surface area contributed by atoms with Crippen LogP contribution < -0.4 is 0 Å². The van der Waals surface area contributed by atoms with E-state index in [1.807, 2.05) is 11.9 Å². The first-order valence-corrected chi connectivity index (χ1v) is 9.27. The third kappa shape index (κ3) is 4.22. The quantitative estimate of drug-likeness (QED) is 0.856. The molecule has 1 saturated heterocycles. The fourth-order valence-corrected chi connectivity index (χ4v) is 3.91. The topological polar surface area (TPSA) is 61.6 Å². The zero-order chi connectivity index (χ0) is 18.7. The lowest BCUT2D eigenvalue weighted by atomic mass is 10.1. The van der Waals surface area contributed by atoms with Crippen LogP contribution in [0.5, 0.6) is 0 Å². The van der Waals surface area contributed by atoms with Crippen molar-refractivity contribution in [2.75, 3.05) is 26.7 Å². The van der Waals surface area contributed by atoms with Crippen molar-refractivity contribution in [2.24, 2.45) is 0 Å². The van der Waals surface area contributed by atoms with Gasteiger partial charge in [-0.1, -0.05) is 0 Å². The maximum atomic E-state index is 13.5. The predicted octanol–water partition coefficient (Wildman–Crippen LogP) is 2.57. The number of hydrogen-bond donors (Lipinski definition) is 1. The predicted molar refractivity (Wildman–Crippen MR) is 98.5 cm³/mol. The average molecular weight is 362 g/mol. The van der Waals surface area contributed by atoms with E-state index in [0.29, 0.717) is 11.6 Å². The maximum Gasteiger partial charge on any atom is 0.317 e. The summed E-state index contributed by atoms with van der Waals surface area (Å²) in [6.07, 6.45) is 3.00. The van der Waals surface area contributed by atoms with Crippen LogP contribution >= 0.6 is 0 Å². The number of fused-ring (bicyclic) bond motifs is 1. The van der Waals surface area contributed by atoms with Gasteiger partial charge in [-0.3, -0.25) is 14.6 Å². The summed E-state index contributed by atoms with van der Waals surface area (Å²) in [7, 11) is 1.89. The summed E-state index contributed by atoms with van der Waals surface area (Å²) in [5, 5.41) is 8.99. The van der Waals surface area contributed by atoms with E-state index in [2.05, 4.69) is 21.4 Å². The van der Waals surface area contributed by atoms with E-state index >= 15 is 0 Å². The van der Waals surface area contributed by atoms with Gasteiger partial charge < -0.3 is 9.67 Å². The van der Waals surface area contributed by atoms with Crippen LogP contribution in [0.1, 0.15) is 32.0 Å². The molecule has 0 spiro atoms. The summed E-state index contributed by atoms with van der Waals surface area (Å²) in [4.78, 5) is 19.9. The minimum Gasteiger partial charge on any atom is -0.480 e. The van der Waals surface area contributed by atoms with Crippen molar-refractivity contribution in [1.29, 1.82) is 0 Å². The first kappa shape index (κ1) is 18.8. The van der Waals surface area contributed by atoms with Gasteiger partial charge in [0.1, 0.15) is 11.6 Å². The molecule has 0 saturated carbocycles. The van der Waals surface area contributed by atoms with Crippen LogP contribution in [0.15, 0.2) is 18.2 Å². The highest BCUT2D eigenvalue weighted by atomic mass is 19.1. The number of carboxylic acids is 1. The van der Waals surface area contributed by atoms with Gasteiger partial charge >= 0.3 is 5.97 Å².